The summed E-state index contributed by atoms with van der Waals surface area (Å²) >= 11 is 6.51. The predicted molar refractivity (Wildman–Crippen MR) is 144 cm³/mol. The molecule has 3 amide bonds. The lowest BCUT2D eigenvalue weighted by Crippen LogP contribution is -2.58. The molecule has 1 N–H and O–H groups in total. The van der Waals surface area contributed by atoms with Crippen molar-refractivity contribution < 1.29 is 23.2 Å². The molecule has 2 fully saturated rings. The molecular weight excluding hydrogens is 528 g/mol. The van der Waals surface area contributed by atoms with Crippen molar-refractivity contribution in [2.45, 2.75) is 56.9 Å². The number of nitrogens with one attached hydrogen (secondary N) is 1. The molecule has 0 spiro atoms. The topological polar surface area (TPSA) is 95.5 Å². The van der Waals surface area contributed by atoms with E-state index in [9.17, 15) is 23.2 Å². The molecule has 204 valence electrons. The summed E-state index contributed by atoms with van der Waals surface area (Å²) < 4.78 is 28.0. The van der Waals surface area contributed by atoms with Crippen LogP contribution in [0.25, 0.3) is 0 Å². The monoisotopic (exact) mass is 555 g/mol. The number of allylic oxidation sites excluding steroid dienone is 3. The van der Waals surface area contributed by atoms with E-state index in [1.807, 2.05) is 0 Å². The van der Waals surface area contributed by atoms with Gasteiger partial charge in [-0.2, -0.15) is 0 Å². The fraction of sp³-hybridized carbons (Fsp3) is 0.321. The van der Waals surface area contributed by atoms with Crippen molar-refractivity contribution in [3.63, 3.8) is 0 Å². The molecule has 2 atom stereocenters. The minimum atomic E-state index is -1.43. The highest BCUT2D eigenvalue weighted by molar-refractivity contribution is 6.32. The van der Waals surface area contributed by atoms with Crippen LogP contribution in [0.15, 0.2) is 78.1 Å². The summed E-state index contributed by atoms with van der Waals surface area (Å²) in [5.41, 5.74) is 0.120. The summed E-state index contributed by atoms with van der Waals surface area (Å²) in [5, 5.41) is 2.85. The molecular formula is C28H28ClF2N5O3. The SMILES string of the molecule is C=C(/C(Cl)=C\C=C/C)[C@@H](C(=O)NC1CC(F)C1)N(C(=O)[C@@H]1CCC(=O)N1c1ncccn1)c1cccc(F)c1. The molecule has 4 rings (SSSR count). The molecule has 2 aliphatic rings. The normalized spacial score (nSPS) is 21.9. The number of benzene rings is 1. The van der Waals surface area contributed by atoms with Crippen LogP contribution in [0.3, 0.4) is 0 Å². The number of anilines is 2. The van der Waals surface area contributed by atoms with Gasteiger partial charge < -0.3 is 5.32 Å². The van der Waals surface area contributed by atoms with Gasteiger partial charge in [-0.25, -0.2) is 18.7 Å². The number of hydrogen-bond acceptors (Lipinski definition) is 5. The van der Waals surface area contributed by atoms with Gasteiger partial charge in [0.1, 0.15) is 24.1 Å². The third-order valence-electron chi connectivity index (χ3n) is 6.59. The third kappa shape index (κ3) is 6.22. The smallest absolute Gasteiger partial charge is 0.251 e. The number of aromatic nitrogens is 2. The molecule has 0 bridgehead atoms. The van der Waals surface area contributed by atoms with Crippen LogP contribution >= 0.6 is 11.6 Å². The van der Waals surface area contributed by atoms with Gasteiger partial charge in [0.25, 0.3) is 5.91 Å². The highest BCUT2D eigenvalue weighted by Gasteiger charge is 2.45. The second-order valence-corrected chi connectivity index (χ2v) is 9.70. The van der Waals surface area contributed by atoms with Crippen molar-refractivity contribution in [3.8, 4) is 0 Å². The maximum atomic E-state index is 14.4. The minimum absolute atomic E-state index is 0.0341. The second-order valence-electron chi connectivity index (χ2n) is 9.30. The quantitative estimate of drug-likeness (QED) is 0.463. The Bertz CT molecular complexity index is 1310. The van der Waals surface area contributed by atoms with E-state index in [0.29, 0.717) is 0 Å². The number of halogens is 3. The van der Waals surface area contributed by atoms with Crippen LogP contribution in [0.1, 0.15) is 32.6 Å². The van der Waals surface area contributed by atoms with Crippen molar-refractivity contribution in [1.82, 2.24) is 15.3 Å². The van der Waals surface area contributed by atoms with Gasteiger partial charge >= 0.3 is 0 Å². The van der Waals surface area contributed by atoms with E-state index < -0.39 is 41.9 Å². The molecule has 8 nitrogen and oxygen atoms in total. The summed E-state index contributed by atoms with van der Waals surface area (Å²) in [6, 6.07) is 3.81. The lowest BCUT2D eigenvalue weighted by molar-refractivity contribution is -0.127. The Kier molecular flexibility index (Phi) is 8.86. The van der Waals surface area contributed by atoms with Crippen LogP contribution in [-0.4, -0.2) is 52.0 Å². The Hall–Kier alpha value is -3.92. The van der Waals surface area contributed by atoms with E-state index in [-0.39, 0.29) is 53.8 Å². The van der Waals surface area contributed by atoms with Crippen molar-refractivity contribution in [1.29, 1.82) is 0 Å². The summed E-state index contributed by atoms with van der Waals surface area (Å²) in [7, 11) is 0. The molecule has 0 radical (unpaired) electrons. The van der Waals surface area contributed by atoms with Gasteiger partial charge in [0.05, 0.1) is 0 Å². The van der Waals surface area contributed by atoms with Crippen LogP contribution in [0.2, 0.25) is 0 Å². The number of carbonyl (C=O) groups excluding carboxylic acids is 3. The van der Waals surface area contributed by atoms with Crippen LogP contribution < -0.4 is 15.1 Å². The molecule has 1 aromatic heterocycles. The zero-order chi connectivity index (χ0) is 28.1. The van der Waals surface area contributed by atoms with E-state index in [4.69, 9.17) is 11.6 Å². The molecule has 1 saturated heterocycles. The summed E-state index contributed by atoms with van der Waals surface area (Å²) in [6.07, 6.45) is 7.18. The van der Waals surface area contributed by atoms with Gasteiger partial charge in [-0.1, -0.05) is 36.4 Å². The molecule has 11 heteroatoms. The molecule has 1 aromatic carbocycles. The molecule has 1 aliphatic heterocycles. The van der Waals surface area contributed by atoms with E-state index >= 15 is 0 Å². The number of carbonyl (C=O) groups is 3. The molecule has 2 heterocycles. The van der Waals surface area contributed by atoms with Gasteiger partial charge in [0.15, 0.2) is 0 Å². The highest BCUT2D eigenvalue weighted by atomic mass is 35.5. The zero-order valence-electron chi connectivity index (χ0n) is 21.3. The van der Waals surface area contributed by atoms with E-state index in [1.165, 1.54) is 41.6 Å². The maximum absolute atomic E-state index is 14.4. The van der Waals surface area contributed by atoms with Crippen molar-refractivity contribution in [2.75, 3.05) is 9.80 Å². The largest absolute Gasteiger partial charge is 0.351 e. The number of amides is 3. The second kappa shape index (κ2) is 12.3. The fourth-order valence-electron chi connectivity index (χ4n) is 4.57. The minimum Gasteiger partial charge on any atom is -0.351 e. The van der Waals surface area contributed by atoms with Gasteiger partial charge in [0, 0.05) is 35.6 Å². The zero-order valence-corrected chi connectivity index (χ0v) is 22.0. The van der Waals surface area contributed by atoms with Crippen LogP contribution in [0, 0.1) is 5.82 Å². The molecule has 1 saturated carbocycles. The average molecular weight is 556 g/mol. The Morgan fingerprint density at radius 1 is 1.26 bits per heavy atom. The summed E-state index contributed by atoms with van der Waals surface area (Å²) in [6.45, 7) is 5.78. The van der Waals surface area contributed by atoms with E-state index in [1.54, 1.807) is 25.1 Å². The van der Waals surface area contributed by atoms with Gasteiger partial charge in [0.2, 0.25) is 17.8 Å². The van der Waals surface area contributed by atoms with Gasteiger partial charge in [-0.15, -0.1) is 0 Å². The van der Waals surface area contributed by atoms with Crippen molar-refractivity contribution in [2.24, 2.45) is 0 Å². The maximum Gasteiger partial charge on any atom is 0.251 e. The van der Waals surface area contributed by atoms with Crippen LogP contribution in [-0.2, 0) is 14.4 Å². The van der Waals surface area contributed by atoms with Gasteiger partial charge in [-0.05, 0) is 62.1 Å². The Labute approximate surface area is 230 Å². The first kappa shape index (κ1) is 28.1. The predicted octanol–water partition coefficient (Wildman–Crippen LogP) is 4.38. The molecule has 0 unspecified atom stereocenters. The number of hydrogen-bond donors (Lipinski definition) is 1. The summed E-state index contributed by atoms with van der Waals surface area (Å²) in [5.74, 6) is -2.31. The number of alkyl halides is 1. The lowest BCUT2D eigenvalue weighted by atomic mass is 9.90. The highest BCUT2D eigenvalue weighted by Crippen LogP contribution is 2.32. The average Bonchev–Trinajstić information content (AvgIpc) is 3.30. The van der Waals surface area contributed by atoms with Crippen LogP contribution in [0.5, 0.6) is 0 Å². The first-order valence-electron chi connectivity index (χ1n) is 12.5. The fourth-order valence-corrected chi connectivity index (χ4v) is 4.75. The van der Waals surface area contributed by atoms with E-state index in [2.05, 4.69) is 21.9 Å². The first-order chi connectivity index (χ1) is 18.7. The van der Waals surface area contributed by atoms with Crippen molar-refractivity contribution in [3.05, 3.63) is 84.0 Å². The van der Waals surface area contributed by atoms with Crippen LogP contribution in [0.4, 0.5) is 20.4 Å². The Balaban J connectivity index is 1.80. The number of rotatable bonds is 9. The molecule has 1 aliphatic carbocycles. The Morgan fingerprint density at radius 3 is 2.62 bits per heavy atom. The van der Waals surface area contributed by atoms with Crippen molar-refractivity contribution >= 4 is 41.0 Å². The number of nitrogens with zero attached hydrogens (tertiary/aromatic N) is 4. The standard InChI is InChI=1S/C28H28ClF2N5O3/c1-3-4-9-22(29)17(2)25(26(38)34-20-14-19(31)15-20)35(21-8-5-7-18(30)16-21)27(39)23-10-11-24(37)36(23)28-32-12-6-13-33-28/h3-9,12-13,16,19-20,23,25H,2,10-11,14-15H2,1H3,(H,34,38)/b4-3-,22-9+/t19?,20?,23-,25-/m0/s1. The molecule has 2 aromatic rings. The lowest BCUT2D eigenvalue weighted by Gasteiger charge is -2.38. The Morgan fingerprint density at radius 2 is 1.97 bits per heavy atom. The molecule has 39 heavy (non-hydrogen) atoms. The van der Waals surface area contributed by atoms with E-state index in [0.717, 1.165) is 11.0 Å². The third-order valence-corrected chi connectivity index (χ3v) is 6.96. The van der Waals surface area contributed by atoms with Gasteiger partial charge in [-0.3, -0.25) is 24.2 Å². The summed E-state index contributed by atoms with van der Waals surface area (Å²) in [4.78, 5) is 51.4. The first-order valence-corrected chi connectivity index (χ1v) is 12.9.